The van der Waals surface area contributed by atoms with Crippen LogP contribution in [0.25, 0.3) is 0 Å². The topological polar surface area (TPSA) is 98.2 Å². The number of anilines is 2. The zero-order chi connectivity index (χ0) is 15.4. The van der Waals surface area contributed by atoms with Gasteiger partial charge < -0.3 is 10.6 Å². The van der Waals surface area contributed by atoms with Crippen molar-refractivity contribution in [2.75, 3.05) is 24.2 Å². The predicted molar refractivity (Wildman–Crippen MR) is 81.3 cm³/mol. The molecule has 0 radical (unpaired) electrons. The number of nitro groups is 1. The zero-order valence-electron chi connectivity index (χ0n) is 12.0. The predicted octanol–water partition coefficient (Wildman–Crippen LogP) is 1.95. The number of nitrogens with two attached hydrogens (primary N) is 1. The number of aromatic nitrogens is 2. The number of nitrogen functional groups attached to an aromatic ring is 1. The lowest BCUT2D eigenvalue weighted by atomic mass is 10.1. The summed E-state index contributed by atoms with van der Waals surface area (Å²) in [5.74, 6) is 0.292. The van der Waals surface area contributed by atoms with Gasteiger partial charge in [0.05, 0.1) is 4.92 Å². The molecule has 0 saturated carbocycles. The van der Waals surface area contributed by atoms with E-state index in [0.29, 0.717) is 6.54 Å². The van der Waals surface area contributed by atoms with Crippen molar-refractivity contribution in [1.29, 1.82) is 0 Å². The zero-order valence-corrected chi connectivity index (χ0v) is 12.0. The maximum Gasteiger partial charge on any atom is 0.332 e. The number of nitrogens with zero attached hydrogens (tertiary/aromatic N) is 4. The summed E-state index contributed by atoms with van der Waals surface area (Å²) in [5, 5.41) is 11.2. The first kappa shape index (κ1) is 14.7. The second-order valence-electron chi connectivity index (χ2n) is 4.75. The Morgan fingerprint density at radius 2 is 1.95 bits per heavy atom. The maximum atomic E-state index is 11.2. The number of likely N-dealkylation sites (N-methyl/N-ethyl adjacent to an activating group) is 1. The molecule has 1 aromatic heterocycles. The standard InChI is InChI=1S/C14H17N5O2/c1-10-12(19(20)21)13(17-14(15)16-10)18(2)9-8-11-6-4-3-5-7-11/h3-7H,8-9H2,1-2H3,(H2,15,16,17). The Morgan fingerprint density at radius 1 is 1.29 bits per heavy atom. The second kappa shape index (κ2) is 6.17. The minimum Gasteiger partial charge on any atom is -0.368 e. The molecule has 0 saturated heterocycles. The van der Waals surface area contributed by atoms with Crippen LogP contribution in [0.4, 0.5) is 17.5 Å². The number of hydrogen-bond acceptors (Lipinski definition) is 6. The fourth-order valence-corrected chi connectivity index (χ4v) is 2.10. The summed E-state index contributed by atoms with van der Waals surface area (Å²) in [6.07, 6.45) is 0.761. The van der Waals surface area contributed by atoms with Gasteiger partial charge in [0.2, 0.25) is 11.8 Å². The summed E-state index contributed by atoms with van der Waals surface area (Å²) in [7, 11) is 1.76. The Labute approximate surface area is 122 Å². The molecule has 7 heteroatoms. The monoisotopic (exact) mass is 287 g/mol. The molecule has 110 valence electrons. The van der Waals surface area contributed by atoms with Gasteiger partial charge in [0.25, 0.3) is 0 Å². The van der Waals surface area contributed by atoms with E-state index in [9.17, 15) is 10.1 Å². The van der Waals surface area contributed by atoms with Crippen LogP contribution in [-0.4, -0.2) is 28.5 Å². The van der Waals surface area contributed by atoms with Crippen LogP contribution in [0.5, 0.6) is 0 Å². The Kier molecular flexibility index (Phi) is 4.32. The van der Waals surface area contributed by atoms with Gasteiger partial charge in [-0.3, -0.25) is 10.1 Å². The highest BCUT2D eigenvalue weighted by molar-refractivity contribution is 5.61. The van der Waals surface area contributed by atoms with Gasteiger partial charge in [-0.15, -0.1) is 0 Å². The van der Waals surface area contributed by atoms with Gasteiger partial charge >= 0.3 is 5.69 Å². The highest BCUT2D eigenvalue weighted by atomic mass is 16.6. The molecule has 2 rings (SSSR count). The van der Waals surface area contributed by atoms with Gasteiger partial charge in [0.1, 0.15) is 5.69 Å². The Morgan fingerprint density at radius 3 is 2.57 bits per heavy atom. The molecule has 0 aliphatic rings. The van der Waals surface area contributed by atoms with Gasteiger partial charge in [-0.2, -0.15) is 4.98 Å². The second-order valence-corrected chi connectivity index (χ2v) is 4.75. The summed E-state index contributed by atoms with van der Waals surface area (Å²) >= 11 is 0. The molecule has 1 heterocycles. The molecule has 0 aliphatic carbocycles. The van der Waals surface area contributed by atoms with Crippen LogP contribution in [0.3, 0.4) is 0 Å². The van der Waals surface area contributed by atoms with E-state index >= 15 is 0 Å². The number of rotatable bonds is 5. The van der Waals surface area contributed by atoms with Crippen molar-refractivity contribution in [2.45, 2.75) is 13.3 Å². The molecule has 0 atom stereocenters. The lowest BCUT2D eigenvalue weighted by Crippen LogP contribution is -2.23. The normalized spacial score (nSPS) is 10.4. The molecule has 0 bridgehead atoms. The molecule has 0 amide bonds. The van der Waals surface area contributed by atoms with E-state index in [1.807, 2.05) is 30.3 Å². The quantitative estimate of drug-likeness (QED) is 0.666. The van der Waals surface area contributed by atoms with E-state index in [1.165, 1.54) is 0 Å². The van der Waals surface area contributed by atoms with E-state index in [4.69, 9.17) is 5.73 Å². The van der Waals surface area contributed by atoms with E-state index in [2.05, 4.69) is 9.97 Å². The molecule has 1 aromatic carbocycles. The molecule has 7 nitrogen and oxygen atoms in total. The third-order valence-corrected chi connectivity index (χ3v) is 3.18. The van der Waals surface area contributed by atoms with Crippen LogP contribution >= 0.6 is 0 Å². The molecule has 0 spiro atoms. The van der Waals surface area contributed by atoms with Crippen LogP contribution in [0.15, 0.2) is 30.3 Å². The van der Waals surface area contributed by atoms with Crippen LogP contribution in [0.2, 0.25) is 0 Å². The fourth-order valence-electron chi connectivity index (χ4n) is 2.10. The maximum absolute atomic E-state index is 11.2. The third kappa shape index (κ3) is 3.44. The van der Waals surface area contributed by atoms with E-state index in [-0.39, 0.29) is 23.1 Å². The van der Waals surface area contributed by atoms with Crippen molar-refractivity contribution in [2.24, 2.45) is 0 Å². The first-order valence-corrected chi connectivity index (χ1v) is 6.52. The minimum absolute atomic E-state index is 0.0414. The largest absolute Gasteiger partial charge is 0.368 e. The summed E-state index contributed by atoms with van der Waals surface area (Å²) in [6, 6.07) is 9.91. The Hall–Kier alpha value is -2.70. The van der Waals surface area contributed by atoms with Crippen molar-refractivity contribution in [3.05, 3.63) is 51.7 Å². The molecular weight excluding hydrogens is 270 g/mol. The van der Waals surface area contributed by atoms with Crippen molar-refractivity contribution < 1.29 is 4.92 Å². The lowest BCUT2D eigenvalue weighted by molar-refractivity contribution is -0.385. The molecule has 2 aromatic rings. The highest BCUT2D eigenvalue weighted by Crippen LogP contribution is 2.28. The molecule has 21 heavy (non-hydrogen) atoms. The van der Waals surface area contributed by atoms with Crippen LogP contribution in [-0.2, 0) is 6.42 Å². The molecule has 2 N–H and O–H groups in total. The Bertz CT molecular complexity index is 645. The molecular formula is C14H17N5O2. The smallest absolute Gasteiger partial charge is 0.332 e. The average molecular weight is 287 g/mol. The van der Waals surface area contributed by atoms with Crippen molar-refractivity contribution in [1.82, 2.24) is 9.97 Å². The molecule has 0 unspecified atom stereocenters. The minimum atomic E-state index is -0.469. The van der Waals surface area contributed by atoms with Gasteiger partial charge in [0.15, 0.2) is 0 Å². The van der Waals surface area contributed by atoms with Crippen molar-refractivity contribution in [3.63, 3.8) is 0 Å². The van der Waals surface area contributed by atoms with Crippen molar-refractivity contribution >= 4 is 17.5 Å². The lowest BCUT2D eigenvalue weighted by Gasteiger charge is -2.18. The fraction of sp³-hybridized carbons (Fsp3) is 0.286. The van der Waals surface area contributed by atoms with E-state index < -0.39 is 4.92 Å². The van der Waals surface area contributed by atoms with Crippen molar-refractivity contribution in [3.8, 4) is 0 Å². The summed E-state index contributed by atoms with van der Waals surface area (Å²) in [6.45, 7) is 2.16. The van der Waals surface area contributed by atoms with Crippen LogP contribution in [0.1, 0.15) is 11.3 Å². The molecule has 0 fully saturated rings. The third-order valence-electron chi connectivity index (χ3n) is 3.18. The Balaban J connectivity index is 2.22. The first-order chi connectivity index (χ1) is 9.99. The van der Waals surface area contributed by atoms with Gasteiger partial charge in [0, 0.05) is 13.6 Å². The average Bonchev–Trinajstić information content (AvgIpc) is 2.44. The summed E-state index contributed by atoms with van der Waals surface area (Å²) in [5.41, 5.74) is 6.93. The van der Waals surface area contributed by atoms with Gasteiger partial charge in [-0.25, -0.2) is 4.98 Å². The van der Waals surface area contributed by atoms with Gasteiger partial charge in [-0.1, -0.05) is 30.3 Å². The molecule has 0 aliphatic heterocycles. The summed E-state index contributed by atoms with van der Waals surface area (Å²) in [4.78, 5) is 20.3. The van der Waals surface area contributed by atoms with E-state index in [1.54, 1.807) is 18.9 Å². The van der Waals surface area contributed by atoms with Crippen LogP contribution in [0, 0.1) is 17.0 Å². The van der Waals surface area contributed by atoms with Gasteiger partial charge in [-0.05, 0) is 18.9 Å². The first-order valence-electron chi connectivity index (χ1n) is 6.52. The number of aryl methyl sites for hydroxylation is 1. The summed E-state index contributed by atoms with van der Waals surface area (Å²) < 4.78 is 0. The highest BCUT2D eigenvalue weighted by Gasteiger charge is 2.24. The van der Waals surface area contributed by atoms with Crippen LogP contribution < -0.4 is 10.6 Å². The number of benzene rings is 1. The van der Waals surface area contributed by atoms with E-state index in [0.717, 1.165) is 12.0 Å². The number of hydrogen-bond donors (Lipinski definition) is 1. The SMILES string of the molecule is Cc1nc(N)nc(N(C)CCc2ccccc2)c1[N+](=O)[O-].